The first-order valence-electron chi connectivity index (χ1n) is 8.62. The van der Waals surface area contributed by atoms with E-state index in [0.29, 0.717) is 18.1 Å². The van der Waals surface area contributed by atoms with E-state index < -0.39 is 5.97 Å². The standard InChI is InChI=1S/C17H22N4O3/c22-17(23)14-2-1-13-16(20-14)21(10-12-5-8-24-12)15(19-13)9-11-3-6-18-7-4-11/h1-2,11-12,18H,3-10H2,(H,22,23)/t12-/m0/s1. The van der Waals surface area contributed by atoms with Crippen LogP contribution in [0.1, 0.15) is 35.6 Å². The van der Waals surface area contributed by atoms with Gasteiger partial charge in [0.2, 0.25) is 0 Å². The fourth-order valence-electron chi connectivity index (χ4n) is 3.49. The Bertz CT molecular complexity index is 748. The smallest absolute Gasteiger partial charge is 0.354 e. The normalized spacial score (nSPS) is 21.8. The van der Waals surface area contributed by atoms with Crippen LogP contribution in [0.4, 0.5) is 0 Å². The molecule has 2 N–H and O–H groups in total. The van der Waals surface area contributed by atoms with E-state index in [9.17, 15) is 9.90 Å². The summed E-state index contributed by atoms with van der Waals surface area (Å²) in [5.74, 6) is 0.606. The van der Waals surface area contributed by atoms with Crippen LogP contribution in [0, 0.1) is 5.92 Å². The van der Waals surface area contributed by atoms with E-state index in [4.69, 9.17) is 9.72 Å². The molecule has 0 aromatic carbocycles. The number of carbonyl (C=O) groups is 1. The highest BCUT2D eigenvalue weighted by atomic mass is 16.5. The van der Waals surface area contributed by atoms with Gasteiger partial charge >= 0.3 is 5.97 Å². The van der Waals surface area contributed by atoms with Crippen LogP contribution in [0.25, 0.3) is 11.2 Å². The van der Waals surface area contributed by atoms with E-state index in [1.54, 1.807) is 6.07 Å². The van der Waals surface area contributed by atoms with Crippen LogP contribution in [0.5, 0.6) is 0 Å². The van der Waals surface area contributed by atoms with Gasteiger partial charge in [-0.15, -0.1) is 0 Å². The molecule has 0 unspecified atom stereocenters. The zero-order valence-corrected chi connectivity index (χ0v) is 13.6. The molecule has 2 aliphatic rings. The Morgan fingerprint density at radius 3 is 2.75 bits per heavy atom. The van der Waals surface area contributed by atoms with E-state index in [1.807, 2.05) is 0 Å². The van der Waals surface area contributed by atoms with Gasteiger partial charge in [0.15, 0.2) is 11.3 Å². The van der Waals surface area contributed by atoms with Gasteiger partial charge in [0.25, 0.3) is 0 Å². The summed E-state index contributed by atoms with van der Waals surface area (Å²) in [5.41, 5.74) is 1.49. The molecule has 2 aromatic heterocycles. The topological polar surface area (TPSA) is 89.3 Å². The maximum atomic E-state index is 11.2. The highest BCUT2D eigenvalue weighted by molar-refractivity contribution is 5.88. The molecule has 2 fully saturated rings. The quantitative estimate of drug-likeness (QED) is 0.863. The zero-order valence-electron chi connectivity index (χ0n) is 13.6. The van der Waals surface area contributed by atoms with Crippen LogP contribution in [0.15, 0.2) is 12.1 Å². The minimum Gasteiger partial charge on any atom is -0.477 e. The average molecular weight is 330 g/mol. The maximum absolute atomic E-state index is 11.2. The van der Waals surface area contributed by atoms with Crippen LogP contribution in [-0.2, 0) is 17.7 Å². The summed E-state index contributed by atoms with van der Waals surface area (Å²) in [6.45, 7) is 3.61. The number of aromatic nitrogens is 3. The van der Waals surface area contributed by atoms with Crippen LogP contribution in [-0.4, -0.2) is 51.4 Å². The molecule has 0 spiro atoms. The first-order valence-corrected chi connectivity index (χ1v) is 8.62. The van der Waals surface area contributed by atoms with E-state index in [-0.39, 0.29) is 11.8 Å². The number of rotatable bonds is 5. The highest BCUT2D eigenvalue weighted by Crippen LogP contribution is 2.24. The molecule has 1 atom stereocenters. The second-order valence-electron chi connectivity index (χ2n) is 6.66. The third-order valence-corrected chi connectivity index (χ3v) is 5.00. The summed E-state index contributed by atoms with van der Waals surface area (Å²) in [7, 11) is 0. The number of hydrogen-bond donors (Lipinski definition) is 2. The third kappa shape index (κ3) is 3.01. The Kier molecular flexibility index (Phi) is 4.20. The largest absolute Gasteiger partial charge is 0.477 e. The second kappa shape index (κ2) is 6.49. The van der Waals surface area contributed by atoms with Crippen molar-refractivity contribution in [3.63, 3.8) is 0 Å². The molecule has 0 saturated carbocycles. The van der Waals surface area contributed by atoms with Crippen LogP contribution < -0.4 is 5.32 Å². The number of ether oxygens (including phenoxy) is 1. The Hall–Kier alpha value is -1.99. The molecule has 2 saturated heterocycles. The first kappa shape index (κ1) is 15.5. The van der Waals surface area contributed by atoms with Crippen LogP contribution >= 0.6 is 0 Å². The lowest BCUT2D eigenvalue weighted by Gasteiger charge is -2.28. The van der Waals surface area contributed by atoms with Crippen molar-refractivity contribution in [2.75, 3.05) is 19.7 Å². The van der Waals surface area contributed by atoms with E-state index in [0.717, 1.165) is 56.7 Å². The maximum Gasteiger partial charge on any atom is 0.354 e. The number of nitrogens with zero attached hydrogens (tertiary/aromatic N) is 3. The van der Waals surface area contributed by atoms with Crippen molar-refractivity contribution in [3.05, 3.63) is 23.7 Å². The molecule has 0 amide bonds. The van der Waals surface area contributed by atoms with Crippen molar-refractivity contribution < 1.29 is 14.6 Å². The molecule has 7 heteroatoms. The Morgan fingerprint density at radius 1 is 1.29 bits per heavy atom. The predicted octanol–water partition coefficient (Wildman–Crippen LogP) is 1.46. The van der Waals surface area contributed by atoms with E-state index in [1.165, 1.54) is 6.07 Å². The molecular weight excluding hydrogens is 308 g/mol. The van der Waals surface area contributed by atoms with Gasteiger partial charge in [0.05, 0.1) is 12.6 Å². The lowest BCUT2D eigenvalue weighted by atomic mass is 9.94. The van der Waals surface area contributed by atoms with Crippen LogP contribution in [0.2, 0.25) is 0 Å². The van der Waals surface area contributed by atoms with Gasteiger partial charge in [0, 0.05) is 13.0 Å². The molecule has 7 nitrogen and oxygen atoms in total. The number of nitrogens with one attached hydrogen (secondary N) is 1. The van der Waals surface area contributed by atoms with E-state index >= 15 is 0 Å². The number of piperidine rings is 1. The molecule has 128 valence electrons. The summed E-state index contributed by atoms with van der Waals surface area (Å²) in [6.07, 6.45) is 4.43. The van der Waals surface area contributed by atoms with Crippen molar-refractivity contribution in [3.8, 4) is 0 Å². The summed E-state index contributed by atoms with van der Waals surface area (Å²) < 4.78 is 7.65. The van der Waals surface area contributed by atoms with Crippen molar-refractivity contribution in [1.29, 1.82) is 0 Å². The van der Waals surface area contributed by atoms with Crippen molar-refractivity contribution in [2.45, 2.75) is 38.3 Å². The minimum atomic E-state index is -1.01. The third-order valence-electron chi connectivity index (χ3n) is 5.00. The molecule has 0 radical (unpaired) electrons. The monoisotopic (exact) mass is 330 g/mol. The lowest BCUT2D eigenvalue weighted by molar-refractivity contribution is -0.0591. The summed E-state index contributed by atoms with van der Waals surface area (Å²) in [4.78, 5) is 20.3. The number of carboxylic acids is 1. The average Bonchev–Trinajstić information content (AvgIpc) is 2.88. The Morgan fingerprint density at radius 2 is 2.08 bits per heavy atom. The molecule has 24 heavy (non-hydrogen) atoms. The fraction of sp³-hybridized carbons (Fsp3) is 0.588. The zero-order chi connectivity index (χ0) is 16.5. The lowest BCUT2D eigenvalue weighted by Crippen LogP contribution is -2.33. The number of carboxylic acid groups (broad SMARTS) is 1. The van der Waals surface area contributed by atoms with Crippen LogP contribution in [0.3, 0.4) is 0 Å². The van der Waals surface area contributed by atoms with E-state index in [2.05, 4.69) is 14.9 Å². The van der Waals surface area contributed by atoms with Crippen molar-refractivity contribution in [1.82, 2.24) is 19.9 Å². The number of aromatic carboxylic acids is 1. The molecule has 0 aliphatic carbocycles. The molecular formula is C17H22N4O3. The fourth-order valence-corrected chi connectivity index (χ4v) is 3.49. The Balaban J connectivity index is 1.69. The van der Waals surface area contributed by atoms with Gasteiger partial charge < -0.3 is 19.7 Å². The molecule has 0 bridgehead atoms. The minimum absolute atomic E-state index is 0.0617. The van der Waals surface area contributed by atoms with Gasteiger partial charge in [-0.05, 0) is 50.4 Å². The molecule has 2 aromatic rings. The number of pyridine rings is 1. The second-order valence-corrected chi connectivity index (χ2v) is 6.66. The summed E-state index contributed by atoms with van der Waals surface area (Å²) >= 11 is 0. The van der Waals surface area contributed by atoms with Gasteiger partial charge in [-0.2, -0.15) is 0 Å². The molecule has 2 aliphatic heterocycles. The van der Waals surface area contributed by atoms with Gasteiger partial charge in [-0.3, -0.25) is 0 Å². The van der Waals surface area contributed by atoms with Crippen molar-refractivity contribution >= 4 is 17.1 Å². The van der Waals surface area contributed by atoms with Gasteiger partial charge in [-0.1, -0.05) is 0 Å². The van der Waals surface area contributed by atoms with Gasteiger partial charge in [0.1, 0.15) is 11.3 Å². The number of imidazole rings is 1. The summed E-state index contributed by atoms with van der Waals surface area (Å²) in [6, 6.07) is 3.28. The summed E-state index contributed by atoms with van der Waals surface area (Å²) in [5, 5.41) is 12.6. The predicted molar refractivity (Wildman–Crippen MR) is 88.1 cm³/mol. The first-order chi connectivity index (χ1) is 11.7. The van der Waals surface area contributed by atoms with Crippen molar-refractivity contribution in [2.24, 2.45) is 5.92 Å². The SMILES string of the molecule is O=C(O)c1ccc2nc(CC3CCNCC3)n(C[C@@H]3CCO3)c2n1. The highest BCUT2D eigenvalue weighted by Gasteiger charge is 2.24. The number of fused-ring (bicyclic) bond motifs is 1. The molecule has 4 rings (SSSR count). The van der Waals surface area contributed by atoms with Gasteiger partial charge in [-0.25, -0.2) is 14.8 Å². The Labute approximate surface area is 140 Å². The molecule has 4 heterocycles. The number of hydrogen-bond acceptors (Lipinski definition) is 5.